The molecule has 2 nitrogen and oxygen atoms in total. The number of aryl methyl sites for hydroxylation is 1. The van der Waals surface area contributed by atoms with Gasteiger partial charge in [0.1, 0.15) is 6.07 Å². The largest absolute Gasteiger partial charge is 0.342 e. The molecule has 0 spiro atoms. The zero-order valence-corrected chi connectivity index (χ0v) is 10.8. The fraction of sp³-hybridized carbons (Fsp3) is 0.118. The molecule has 3 aromatic rings. The summed E-state index contributed by atoms with van der Waals surface area (Å²) in [5.41, 5.74) is 4.36. The van der Waals surface area contributed by atoms with Crippen molar-refractivity contribution in [2.45, 2.75) is 13.5 Å². The molecule has 0 saturated carbocycles. The Morgan fingerprint density at radius 1 is 1.05 bits per heavy atom. The molecule has 0 aliphatic rings. The van der Waals surface area contributed by atoms with Crippen LogP contribution in [0.4, 0.5) is 0 Å². The van der Waals surface area contributed by atoms with E-state index >= 15 is 0 Å². The van der Waals surface area contributed by atoms with E-state index in [1.54, 1.807) is 0 Å². The number of aromatic nitrogens is 1. The average molecular weight is 246 g/mol. The van der Waals surface area contributed by atoms with Gasteiger partial charge in [0.05, 0.1) is 5.56 Å². The molecular formula is C17H14N2. The monoisotopic (exact) mass is 246 g/mol. The van der Waals surface area contributed by atoms with Gasteiger partial charge in [-0.05, 0) is 18.6 Å². The van der Waals surface area contributed by atoms with E-state index in [1.807, 2.05) is 24.4 Å². The van der Waals surface area contributed by atoms with Crippen molar-refractivity contribution in [3.63, 3.8) is 0 Å². The van der Waals surface area contributed by atoms with Gasteiger partial charge in [0, 0.05) is 23.6 Å². The number of fused-ring (bicyclic) bond motifs is 1. The van der Waals surface area contributed by atoms with Gasteiger partial charge in [-0.3, -0.25) is 0 Å². The van der Waals surface area contributed by atoms with E-state index in [0.717, 1.165) is 23.0 Å². The van der Waals surface area contributed by atoms with Crippen LogP contribution in [0.15, 0.2) is 54.7 Å². The lowest BCUT2D eigenvalue weighted by Crippen LogP contribution is -1.97. The second kappa shape index (κ2) is 4.62. The quantitative estimate of drug-likeness (QED) is 0.674. The Morgan fingerprint density at radius 3 is 2.53 bits per heavy atom. The molecular weight excluding hydrogens is 232 g/mol. The maximum atomic E-state index is 9.19. The predicted octanol–water partition coefficient (Wildman–Crippen LogP) is 3.87. The summed E-state index contributed by atoms with van der Waals surface area (Å²) in [6, 6.07) is 18.8. The first kappa shape index (κ1) is 11.6. The normalized spacial score (nSPS) is 10.5. The molecule has 2 aromatic carbocycles. The summed E-state index contributed by atoms with van der Waals surface area (Å²) in [6.07, 6.45) is 1.94. The Kier molecular flexibility index (Phi) is 2.81. The van der Waals surface area contributed by atoms with E-state index in [0.29, 0.717) is 0 Å². The van der Waals surface area contributed by atoms with Crippen molar-refractivity contribution in [2.24, 2.45) is 0 Å². The minimum Gasteiger partial charge on any atom is -0.342 e. The molecule has 1 heterocycles. The van der Waals surface area contributed by atoms with Gasteiger partial charge in [-0.15, -0.1) is 0 Å². The Bertz CT molecular complexity index is 758. The summed E-state index contributed by atoms with van der Waals surface area (Å²) >= 11 is 0. The van der Waals surface area contributed by atoms with Crippen molar-refractivity contribution in [1.29, 1.82) is 5.26 Å². The number of nitriles is 1. The molecule has 2 heteroatoms. The number of nitrogens with zero attached hydrogens (tertiary/aromatic N) is 2. The second-order valence-corrected chi connectivity index (χ2v) is 4.79. The van der Waals surface area contributed by atoms with Crippen LogP contribution in [0.1, 0.15) is 16.7 Å². The van der Waals surface area contributed by atoms with Crippen molar-refractivity contribution in [1.82, 2.24) is 4.57 Å². The zero-order valence-electron chi connectivity index (χ0n) is 10.8. The number of benzene rings is 2. The SMILES string of the molecule is Cc1ccc(Cn2cc(C#N)c3ccccc32)cc1. The molecule has 92 valence electrons. The van der Waals surface area contributed by atoms with Gasteiger partial charge >= 0.3 is 0 Å². The molecule has 0 N–H and O–H groups in total. The molecule has 3 rings (SSSR count). The van der Waals surface area contributed by atoms with Crippen molar-refractivity contribution in [3.05, 3.63) is 71.4 Å². The summed E-state index contributed by atoms with van der Waals surface area (Å²) in [7, 11) is 0. The van der Waals surface area contributed by atoms with Crippen molar-refractivity contribution in [3.8, 4) is 6.07 Å². The minimum atomic E-state index is 0.739. The smallest absolute Gasteiger partial charge is 0.101 e. The van der Waals surface area contributed by atoms with Crippen LogP contribution in [0.25, 0.3) is 10.9 Å². The molecule has 0 fully saturated rings. The molecule has 0 aliphatic heterocycles. The third-order valence-corrected chi connectivity index (χ3v) is 3.38. The topological polar surface area (TPSA) is 28.7 Å². The molecule has 0 saturated heterocycles. The lowest BCUT2D eigenvalue weighted by molar-refractivity contribution is 0.835. The van der Waals surface area contributed by atoms with Gasteiger partial charge in [0.2, 0.25) is 0 Å². The van der Waals surface area contributed by atoms with Crippen LogP contribution in [-0.4, -0.2) is 4.57 Å². The van der Waals surface area contributed by atoms with E-state index in [1.165, 1.54) is 11.1 Å². The fourth-order valence-electron chi connectivity index (χ4n) is 2.36. The highest BCUT2D eigenvalue weighted by atomic mass is 15.0. The van der Waals surface area contributed by atoms with Crippen LogP contribution in [0.3, 0.4) is 0 Å². The molecule has 0 bridgehead atoms. The van der Waals surface area contributed by atoms with E-state index in [4.69, 9.17) is 0 Å². The Morgan fingerprint density at radius 2 is 1.79 bits per heavy atom. The van der Waals surface area contributed by atoms with Gasteiger partial charge in [-0.25, -0.2) is 0 Å². The highest BCUT2D eigenvalue weighted by Gasteiger charge is 2.07. The summed E-state index contributed by atoms with van der Waals surface area (Å²) in [4.78, 5) is 0. The minimum absolute atomic E-state index is 0.739. The zero-order chi connectivity index (χ0) is 13.2. The fourth-order valence-corrected chi connectivity index (χ4v) is 2.36. The molecule has 1 aromatic heterocycles. The molecule has 0 aliphatic carbocycles. The molecule has 0 radical (unpaired) electrons. The van der Waals surface area contributed by atoms with Gasteiger partial charge in [0.25, 0.3) is 0 Å². The highest BCUT2D eigenvalue weighted by molar-refractivity contribution is 5.86. The van der Waals surface area contributed by atoms with Gasteiger partial charge in [-0.1, -0.05) is 48.0 Å². The van der Waals surface area contributed by atoms with Crippen LogP contribution >= 0.6 is 0 Å². The Hall–Kier alpha value is -2.53. The first-order chi connectivity index (χ1) is 9.28. The first-order valence-corrected chi connectivity index (χ1v) is 6.31. The lowest BCUT2D eigenvalue weighted by Gasteiger charge is -2.05. The lowest BCUT2D eigenvalue weighted by atomic mass is 10.1. The number of hydrogen-bond acceptors (Lipinski definition) is 1. The summed E-state index contributed by atoms with van der Waals surface area (Å²) in [5, 5.41) is 10.2. The van der Waals surface area contributed by atoms with Crippen LogP contribution in [-0.2, 0) is 6.54 Å². The van der Waals surface area contributed by atoms with E-state index in [-0.39, 0.29) is 0 Å². The molecule has 0 unspecified atom stereocenters. The van der Waals surface area contributed by atoms with Crippen molar-refractivity contribution >= 4 is 10.9 Å². The maximum absolute atomic E-state index is 9.19. The van der Waals surface area contributed by atoms with Crippen molar-refractivity contribution < 1.29 is 0 Å². The second-order valence-electron chi connectivity index (χ2n) is 4.79. The third kappa shape index (κ3) is 2.11. The predicted molar refractivity (Wildman–Crippen MR) is 76.9 cm³/mol. The highest BCUT2D eigenvalue weighted by Crippen LogP contribution is 2.21. The summed E-state index contributed by atoms with van der Waals surface area (Å²) in [5.74, 6) is 0. The standard InChI is InChI=1S/C17H14N2/c1-13-6-8-14(9-7-13)11-19-12-15(10-18)16-4-2-3-5-17(16)19/h2-9,12H,11H2,1H3. The molecule has 0 atom stereocenters. The Labute approximate surface area is 112 Å². The number of hydrogen-bond donors (Lipinski definition) is 0. The van der Waals surface area contributed by atoms with Crippen LogP contribution in [0.2, 0.25) is 0 Å². The first-order valence-electron chi connectivity index (χ1n) is 6.31. The van der Waals surface area contributed by atoms with Crippen LogP contribution in [0, 0.1) is 18.3 Å². The molecule has 0 amide bonds. The van der Waals surface area contributed by atoms with Crippen molar-refractivity contribution in [2.75, 3.05) is 0 Å². The van der Waals surface area contributed by atoms with E-state index in [9.17, 15) is 5.26 Å². The van der Waals surface area contributed by atoms with Gasteiger partial charge in [-0.2, -0.15) is 5.26 Å². The van der Waals surface area contributed by atoms with E-state index < -0.39 is 0 Å². The number of rotatable bonds is 2. The molecule has 19 heavy (non-hydrogen) atoms. The summed E-state index contributed by atoms with van der Waals surface area (Å²) < 4.78 is 2.14. The maximum Gasteiger partial charge on any atom is 0.101 e. The third-order valence-electron chi connectivity index (χ3n) is 3.38. The van der Waals surface area contributed by atoms with Gasteiger partial charge in [0.15, 0.2) is 0 Å². The van der Waals surface area contributed by atoms with E-state index in [2.05, 4.69) is 47.9 Å². The Balaban J connectivity index is 2.06. The number of para-hydroxylation sites is 1. The van der Waals surface area contributed by atoms with Gasteiger partial charge < -0.3 is 4.57 Å². The summed E-state index contributed by atoms with van der Waals surface area (Å²) in [6.45, 7) is 2.88. The van der Waals surface area contributed by atoms with Crippen LogP contribution < -0.4 is 0 Å². The average Bonchev–Trinajstić information content (AvgIpc) is 2.80. The van der Waals surface area contributed by atoms with Crippen LogP contribution in [0.5, 0.6) is 0 Å².